The predicted molar refractivity (Wildman–Crippen MR) is 118 cm³/mol. The number of methoxy groups -OCH3 is 1. The highest BCUT2D eigenvalue weighted by Crippen LogP contribution is 2.30. The van der Waals surface area contributed by atoms with Gasteiger partial charge in [0.2, 0.25) is 11.1 Å². The van der Waals surface area contributed by atoms with Crippen molar-refractivity contribution < 1.29 is 14.3 Å². The Labute approximate surface area is 183 Å². The van der Waals surface area contributed by atoms with Crippen LogP contribution in [-0.2, 0) is 4.79 Å². The number of nitrogens with one attached hydrogen (secondary N) is 1. The zero-order chi connectivity index (χ0) is 21.5. The van der Waals surface area contributed by atoms with Crippen LogP contribution in [-0.4, -0.2) is 39.0 Å². The number of para-hydroxylation sites is 5. The Morgan fingerprint density at radius 3 is 2.48 bits per heavy atom. The van der Waals surface area contributed by atoms with Crippen molar-refractivity contribution in [2.45, 2.75) is 5.16 Å². The van der Waals surface area contributed by atoms with Crippen LogP contribution in [0.4, 0.5) is 5.69 Å². The summed E-state index contributed by atoms with van der Waals surface area (Å²) in [6, 6.07) is 24.1. The SMILES string of the molecule is COc1ccccc1-n1nnnc1SCC(=O)Nc1ccccc1Oc1ccccc1. The first-order valence-electron chi connectivity index (χ1n) is 9.41. The van der Waals surface area contributed by atoms with Crippen molar-refractivity contribution in [1.82, 2.24) is 20.2 Å². The lowest BCUT2D eigenvalue weighted by molar-refractivity contribution is -0.113. The first-order chi connectivity index (χ1) is 15.2. The minimum atomic E-state index is -0.205. The molecule has 1 aromatic heterocycles. The Balaban J connectivity index is 1.43. The highest BCUT2D eigenvalue weighted by Gasteiger charge is 2.15. The standard InChI is InChI=1S/C22H19N5O3S/c1-29-20-14-8-6-12-18(20)27-22(24-25-26-27)31-15-21(28)23-17-11-5-7-13-19(17)30-16-9-3-2-4-10-16/h2-14H,15H2,1H3,(H,23,28). The normalized spacial score (nSPS) is 10.5. The van der Waals surface area contributed by atoms with Gasteiger partial charge in [0.15, 0.2) is 5.75 Å². The third kappa shape index (κ3) is 5.01. The van der Waals surface area contributed by atoms with Gasteiger partial charge in [-0.15, -0.1) is 5.10 Å². The third-order valence-electron chi connectivity index (χ3n) is 4.22. The van der Waals surface area contributed by atoms with Gasteiger partial charge in [0, 0.05) is 0 Å². The molecule has 0 atom stereocenters. The van der Waals surface area contributed by atoms with Gasteiger partial charge in [-0.2, -0.15) is 4.68 Å². The van der Waals surface area contributed by atoms with Gasteiger partial charge in [-0.1, -0.05) is 54.2 Å². The Hall–Kier alpha value is -3.85. The van der Waals surface area contributed by atoms with Gasteiger partial charge in [0.25, 0.3) is 0 Å². The summed E-state index contributed by atoms with van der Waals surface area (Å²) >= 11 is 1.22. The van der Waals surface area contributed by atoms with E-state index in [9.17, 15) is 4.79 Å². The molecule has 156 valence electrons. The van der Waals surface area contributed by atoms with Crippen LogP contribution in [0, 0.1) is 0 Å². The molecule has 8 nitrogen and oxygen atoms in total. The molecule has 1 N–H and O–H groups in total. The smallest absolute Gasteiger partial charge is 0.234 e. The summed E-state index contributed by atoms with van der Waals surface area (Å²) in [4.78, 5) is 12.6. The molecule has 0 aliphatic carbocycles. The fourth-order valence-corrected chi connectivity index (χ4v) is 3.50. The van der Waals surface area contributed by atoms with Crippen molar-refractivity contribution in [3.63, 3.8) is 0 Å². The van der Waals surface area contributed by atoms with Crippen LogP contribution in [0.2, 0.25) is 0 Å². The van der Waals surface area contributed by atoms with E-state index in [4.69, 9.17) is 9.47 Å². The molecule has 0 saturated heterocycles. The van der Waals surface area contributed by atoms with Crippen LogP contribution in [0.15, 0.2) is 84.0 Å². The molecule has 4 rings (SSSR count). The van der Waals surface area contributed by atoms with Gasteiger partial charge < -0.3 is 14.8 Å². The number of aromatic nitrogens is 4. The van der Waals surface area contributed by atoms with E-state index in [1.807, 2.05) is 66.7 Å². The second kappa shape index (κ2) is 9.77. The summed E-state index contributed by atoms with van der Waals surface area (Å²) < 4.78 is 12.8. The molecule has 0 saturated carbocycles. The molecule has 9 heteroatoms. The molecule has 31 heavy (non-hydrogen) atoms. The van der Waals surface area contributed by atoms with Crippen molar-refractivity contribution in [2.75, 3.05) is 18.2 Å². The van der Waals surface area contributed by atoms with Crippen molar-refractivity contribution >= 4 is 23.4 Å². The van der Waals surface area contributed by atoms with Gasteiger partial charge in [-0.25, -0.2) is 0 Å². The van der Waals surface area contributed by atoms with Crippen LogP contribution in [0.1, 0.15) is 0 Å². The largest absolute Gasteiger partial charge is 0.494 e. The number of anilines is 1. The molecule has 1 amide bonds. The number of nitrogens with zero attached hydrogens (tertiary/aromatic N) is 4. The number of ether oxygens (including phenoxy) is 2. The van der Waals surface area contributed by atoms with Gasteiger partial charge >= 0.3 is 0 Å². The van der Waals surface area contributed by atoms with Crippen LogP contribution in [0.3, 0.4) is 0 Å². The second-order valence-corrected chi connectivity index (χ2v) is 7.24. The maximum Gasteiger partial charge on any atom is 0.234 e. The maximum atomic E-state index is 12.6. The van der Waals surface area contributed by atoms with Crippen LogP contribution in [0.5, 0.6) is 17.2 Å². The number of hydrogen-bond donors (Lipinski definition) is 1. The van der Waals surface area contributed by atoms with Gasteiger partial charge in [-0.3, -0.25) is 4.79 Å². The molecular weight excluding hydrogens is 414 g/mol. The van der Waals surface area contributed by atoms with Crippen LogP contribution >= 0.6 is 11.8 Å². The molecule has 0 spiro atoms. The van der Waals surface area contributed by atoms with E-state index in [-0.39, 0.29) is 11.7 Å². The van der Waals surface area contributed by atoms with Crippen molar-refractivity contribution in [3.05, 3.63) is 78.9 Å². The van der Waals surface area contributed by atoms with Crippen molar-refractivity contribution in [2.24, 2.45) is 0 Å². The number of benzene rings is 3. The van der Waals surface area contributed by atoms with Crippen molar-refractivity contribution in [1.29, 1.82) is 0 Å². The van der Waals surface area contributed by atoms with E-state index in [0.717, 1.165) is 0 Å². The van der Waals surface area contributed by atoms with E-state index in [1.54, 1.807) is 23.9 Å². The Morgan fingerprint density at radius 2 is 1.68 bits per heavy atom. The lowest BCUT2D eigenvalue weighted by Gasteiger charge is -2.12. The predicted octanol–water partition coefficient (Wildman–Crippen LogP) is 4.19. The first-order valence-corrected chi connectivity index (χ1v) is 10.4. The lowest BCUT2D eigenvalue weighted by atomic mass is 10.3. The molecule has 0 radical (unpaired) electrons. The summed E-state index contributed by atoms with van der Waals surface area (Å²) in [5.41, 5.74) is 1.28. The van der Waals surface area contributed by atoms with Gasteiger partial charge in [0.05, 0.1) is 18.6 Å². The summed E-state index contributed by atoms with van der Waals surface area (Å²) in [6.07, 6.45) is 0. The minimum absolute atomic E-state index is 0.120. The monoisotopic (exact) mass is 433 g/mol. The lowest BCUT2D eigenvalue weighted by Crippen LogP contribution is -2.15. The summed E-state index contributed by atoms with van der Waals surface area (Å²) in [5.74, 6) is 1.80. The topological polar surface area (TPSA) is 91.2 Å². The highest BCUT2D eigenvalue weighted by atomic mass is 32.2. The third-order valence-corrected chi connectivity index (χ3v) is 5.14. The molecule has 0 bridgehead atoms. The molecule has 0 unspecified atom stereocenters. The Kier molecular flexibility index (Phi) is 6.44. The fraction of sp³-hybridized carbons (Fsp3) is 0.0909. The molecule has 0 aliphatic rings. The zero-order valence-electron chi connectivity index (χ0n) is 16.6. The molecule has 0 fully saturated rings. The second-order valence-electron chi connectivity index (χ2n) is 6.29. The van der Waals surface area contributed by atoms with E-state index in [2.05, 4.69) is 20.8 Å². The maximum absolute atomic E-state index is 12.6. The number of carbonyl (C=O) groups is 1. The number of carbonyl (C=O) groups excluding carboxylic acids is 1. The molecule has 0 aliphatic heterocycles. The Bertz CT molecular complexity index is 1170. The molecular formula is C22H19N5O3S. The molecule has 3 aromatic carbocycles. The fourth-order valence-electron chi connectivity index (χ4n) is 2.82. The summed E-state index contributed by atoms with van der Waals surface area (Å²) in [6.45, 7) is 0. The van der Waals surface area contributed by atoms with Crippen molar-refractivity contribution in [3.8, 4) is 22.9 Å². The number of hydrogen-bond acceptors (Lipinski definition) is 7. The van der Waals surface area contributed by atoms with E-state index in [1.165, 1.54) is 11.8 Å². The Morgan fingerprint density at radius 1 is 0.968 bits per heavy atom. The van der Waals surface area contributed by atoms with Crippen LogP contribution < -0.4 is 14.8 Å². The van der Waals surface area contributed by atoms with Gasteiger partial charge in [0.1, 0.15) is 17.2 Å². The van der Waals surface area contributed by atoms with E-state index in [0.29, 0.717) is 33.8 Å². The minimum Gasteiger partial charge on any atom is -0.494 e. The highest BCUT2D eigenvalue weighted by molar-refractivity contribution is 7.99. The average Bonchev–Trinajstić information content (AvgIpc) is 3.28. The summed E-state index contributed by atoms with van der Waals surface area (Å²) in [7, 11) is 1.58. The number of thioether (sulfide) groups is 1. The number of tetrazole rings is 1. The number of amides is 1. The van der Waals surface area contributed by atoms with Crippen LogP contribution in [0.25, 0.3) is 5.69 Å². The molecule has 4 aromatic rings. The number of rotatable bonds is 8. The van der Waals surface area contributed by atoms with E-state index < -0.39 is 0 Å². The van der Waals surface area contributed by atoms with Gasteiger partial charge in [-0.05, 0) is 46.8 Å². The van der Waals surface area contributed by atoms with E-state index >= 15 is 0 Å². The quantitative estimate of drug-likeness (QED) is 0.417. The average molecular weight is 433 g/mol. The first kappa shape index (κ1) is 20.4. The molecule has 1 heterocycles. The zero-order valence-corrected chi connectivity index (χ0v) is 17.5. The summed E-state index contributed by atoms with van der Waals surface area (Å²) in [5, 5.41) is 15.1.